The van der Waals surface area contributed by atoms with Crippen molar-refractivity contribution in [3.05, 3.63) is 45.8 Å². The van der Waals surface area contributed by atoms with Crippen molar-refractivity contribution in [2.24, 2.45) is 0 Å². The third-order valence-corrected chi connectivity index (χ3v) is 10.4. The fraction of sp³-hybridized carbons (Fsp3) is 0.500. The highest BCUT2D eigenvalue weighted by molar-refractivity contribution is 7.89. The molecule has 2 aliphatic rings. The Balaban J connectivity index is 1.57. The summed E-state index contributed by atoms with van der Waals surface area (Å²) in [6, 6.07) is 5.26. The molecular formula is C26H35N5O5S2. The maximum absolute atomic E-state index is 13.3. The number of likely N-dealkylation sites (N-methyl/N-ethyl adjacent to an activating group) is 1. The van der Waals surface area contributed by atoms with Crippen LogP contribution >= 0.6 is 11.3 Å². The van der Waals surface area contributed by atoms with Crippen LogP contribution in [0.3, 0.4) is 0 Å². The van der Waals surface area contributed by atoms with E-state index in [-0.39, 0.29) is 16.5 Å². The van der Waals surface area contributed by atoms with E-state index in [2.05, 4.69) is 27.8 Å². The summed E-state index contributed by atoms with van der Waals surface area (Å²) in [6.07, 6.45) is 4.11. The zero-order valence-electron chi connectivity index (χ0n) is 22.0. The highest BCUT2D eigenvalue weighted by Gasteiger charge is 2.33. The van der Waals surface area contributed by atoms with Crippen LogP contribution in [0, 0.1) is 0 Å². The van der Waals surface area contributed by atoms with Crippen molar-refractivity contribution in [1.29, 1.82) is 0 Å². The molecule has 206 valence electrons. The number of hydrogen-bond acceptors (Lipinski definition) is 7. The van der Waals surface area contributed by atoms with Gasteiger partial charge in [-0.15, -0.1) is 11.3 Å². The number of carbonyl (C=O) groups is 3. The van der Waals surface area contributed by atoms with E-state index < -0.39 is 27.9 Å². The van der Waals surface area contributed by atoms with E-state index in [0.717, 1.165) is 49.2 Å². The first-order valence-electron chi connectivity index (χ1n) is 13.0. The third-order valence-electron chi connectivity index (χ3n) is 7.26. The standard InChI is InChI=1S/C26H35N5O5S2/c1-4-18-8-6-7-14-31(18)38(35,36)19-11-9-17(10-12-19)23(32)28-25-22(24(33)29-26(34)27-3)20-13-15-30(5-2)16-21(20)37-25/h9-12,18H,4-8,13-16H2,1-3H3,(H,28,32)(H2,27,29,33,34). The molecule has 1 fully saturated rings. The Morgan fingerprint density at radius 2 is 1.79 bits per heavy atom. The fourth-order valence-corrected chi connectivity index (χ4v) is 8.12. The third kappa shape index (κ3) is 5.78. The smallest absolute Gasteiger partial charge is 0.321 e. The summed E-state index contributed by atoms with van der Waals surface area (Å²) >= 11 is 1.33. The Morgan fingerprint density at radius 1 is 1.05 bits per heavy atom. The summed E-state index contributed by atoms with van der Waals surface area (Å²) in [5.74, 6) is -1.03. The number of nitrogens with one attached hydrogen (secondary N) is 3. The van der Waals surface area contributed by atoms with Crippen LogP contribution < -0.4 is 16.0 Å². The Kier molecular flexibility index (Phi) is 8.86. The number of imide groups is 1. The van der Waals surface area contributed by atoms with E-state index >= 15 is 0 Å². The number of piperidine rings is 1. The lowest BCUT2D eigenvalue weighted by molar-refractivity contribution is 0.0964. The van der Waals surface area contributed by atoms with Gasteiger partial charge in [-0.2, -0.15) is 4.31 Å². The van der Waals surface area contributed by atoms with Crippen molar-refractivity contribution in [1.82, 2.24) is 19.8 Å². The minimum atomic E-state index is -3.66. The molecule has 4 amide bonds. The van der Waals surface area contributed by atoms with Gasteiger partial charge in [0, 0.05) is 43.2 Å². The lowest BCUT2D eigenvalue weighted by atomic mass is 10.0. The van der Waals surface area contributed by atoms with Crippen molar-refractivity contribution in [2.75, 3.05) is 32.0 Å². The molecule has 0 saturated carbocycles. The summed E-state index contributed by atoms with van der Waals surface area (Å²) < 4.78 is 28.1. The molecule has 1 atom stereocenters. The molecule has 3 N–H and O–H groups in total. The normalized spacial score (nSPS) is 18.4. The van der Waals surface area contributed by atoms with E-state index in [1.807, 2.05) is 6.92 Å². The van der Waals surface area contributed by atoms with Crippen LogP contribution in [-0.4, -0.2) is 68.2 Å². The first kappa shape index (κ1) is 28.2. The molecule has 38 heavy (non-hydrogen) atoms. The summed E-state index contributed by atoms with van der Waals surface area (Å²) in [4.78, 5) is 41.4. The molecule has 1 unspecified atom stereocenters. The van der Waals surface area contributed by atoms with Gasteiger partial charge in [-0.3, -0.25) is 19.8 Å². The van der Waals surface area contributed by atoms with Crippen LogP contribution in [0.4, 0.5) is 9.80 Å². The number of carbonyl (C=O) groups excluding carboxylic acids is 3. The molecule has 3 heterocycles. The van der Waals surface area contributed by atoms with Gasteiger partial charge in [0.05, 0.1) is 10.5 Å². The van der Waals surface area contributed by atoms with Gasteiger partial charge >= 0.3 is 6.03 Å². The van der Waals surface area contributed by atoms with Crippen molar-refractivity contribution < 1.29 is 22.8 Å². The molecule has 4 rings (SSSR count). The second-order valence-corrected chi connectivity index (χ2v) is 12.5. The number of sulfonamides is 1. The lowest BCUT2D eigenvalue weighted by Crippen LogP contribution is -2.43. The van der Waals surface area contributed by atoms with E-state index in [0.29, 0.717) is 30.1 Å². The molecule has 1 aromatic carbocycles. The molecule has 2 aliphatic heterocycles. The summed E-state index contributed by atoms with van der Waals surface area (Å²) in [7, 11) is -2.24. The molecule has 0 radical (unpaired) electrons. The zero-order chi connectivity index (χ0) is 27.4. The molecule has 2 aromatic rings. The average Bonchev–Trinajstić information content (AvgIpc) is 3.29. The summed E-state index contributed by atoms with van der Waals surface area (Å²) in [5, 5.41) is 7.88. The molecular weight excluding hydrogens is 526 g/mol. The summed E-state index contributed by atoms with van der Waals surface area (Å²) in [5.41, 5.74) is 1.41. The quantitative estimate of drug-likeness (QED) is 0.476. The number of amides is 4. The molecule has 10 nitrogen and oxygen atoms in total. The number of anilines is 1. The monoisotopic (exact) mass is 561 g/mol. The Labute approximate surface area is 227 Å². The fourth-order valence-electron chi connectivity index (χ4n) is 5.07. The van der Waals surface area contributed by atoms with Crippen molar-refractivity contribution in [2.45, 2.75) is 63.4 Å². The maximum atomic E-state index is 13.3. The maximum Gasteiger partial charge on any atom is 0.321 e. The number of fused-ring (bicyclic) bond motifs is 1. The van der Waals surface area contributed by atoms with Crippen molar-refractivity contribution >= 4 is 44.2 Å². The van der Waals surface area contributed by atoms with Gasteiger partial charge in [0.1, 0.15) is 5.00 Å². The summed E-state index contributed by atoms with van der Waals surface area (Å²) in [6.45, 7) is 6.87. The highest BCUT2D eigenvalue weighted by Crippen LogP contribution is 2.37. The average molecular weight is 562 g/mol. The van der Waals surface area contributed by atoms with Gasteiger partial charge in [0.25, 0.3) is 11.8 Å². The molecule has 1 saturated heterocycles. The molecule has 0 spiro atoms. The SMILES string of the molecule is CCC1CCCCN1S(=O)(=O)c1ccc(C(=O)Nc2sc3c(c2C(=O)NC(=O)NC)CCN(CC)C3)cc1. The Hall–Kier alpha value is -2.80. The van der Waals surface area contributed by atoms with Gasteiger partial charge in [-0.1, -0.05) is 20.3 Å². The van der Waals surface area contributed by atoms with Crippen LogP contribution in [0.25, 0.3) is 0 Å². The highest BCUT2D eigenvalue weighted by atomic mass is 32.2. The van der Waals surface area contributed by atoms with E-state index in [1.54, 1.807) is 4.31 Å². The predicted octanol–water partition coefficient (Wildman–Crippen LogP) is 3.40. The lowest BCUT2D eigenvalue weighted by Gasteiger charge is -2.34. The topological polar surface area (TPSA) is 128 Å². The number of thiophene rings is 1. The molecule has 0 aliphatic carbocycles. The van der Waals surface area contributed by atoms with Gasteiger partial charge in [0.2, 0.25) is 10.0 Å². The minimum absolute atomic E-state index is 0.00965. The van der Waals surface area contributed by atoms with E-state index in [1.165, 1.54) is 42.6 Å². The first-order chi connectivity index (χ1) is 18.2. The molecule has 0 bridgehead atoms. The second-order valence-electron chi connectivity index (χ2n) is 9.51. The second kappa shape index (κ2) is 11.9. The van der Waals surface area contributed by atoms with Crippen LogP contribution in [0.2, 0.25) is 0 Å². The van der Waals surface area contributed by atoms with Gasteiger partial charge in [-0.05, 0) is 62.1 Å². The first-order valence-corrected chi connectivity index (χ1v) is 15.3. The van der Waals surface area contributed by atoms with Gasteiger partial charge in [-0.25, -0.2) is 13.2 Å². The van der Waals surface area contributed by atoms with Crippen LogP contribution in [0.5, 0.6) is 0 Å². The van der Waals surface area contributed by atoms with Gasteiger partial charge < -0.3 is 10.6 Å². The molecule has 12 heteroatoms. The minimum Gasteiger partial charge on any atom is -0.341 e. The van der Waals surface area contributed by atoms with Crippen molar-refractivity contribution in [3.8, 4) is 0 Å². The number of benzene rings is 1. The number of hydrogen-bond donors (Lipinski definition) is 3. The Bertz CT molecular complexity index is 1310. The number of nitrogens with zero attached hydrogens (tertiary/aromatic N) is 2. The van der Waals surface area contributed by atoms with Gasteiger partial charge in [0.15, 0.2) is 0 Å². The Morgan fingerprint density at radius 3 is 2.45 bits per heavy atom. The largest absolute Gasteiger partial charge is 0.341 e. The van der Waals surface area contributed by atoms with Crippen LogP contribution in [0.1, 0.15) is 70.7 Å². The number of urea groups is 1. The zero-order valence-corrected chi connectivity index (χ0v) is 23.6. The predicted molar refractivity (Wildman–Crippen MR) is 147 cm³/mol. The van der Waals surface area contributed by atoms with E-state index in [4.69, 9.17) is 0 Å². The van der Waals surface area contributed by atoms with E-state index in [9.17, 15) is 22.8 Å². The van der Waals surface area contributed by atoms with Crippen LogP contribution in [-0.2, 0) is 23.0 Å². The van der Waals surface area contributed by atoms with Crippen molar-refractivity contribution in [3.63, 3.8) is 0 Å². The van der Waals surface area contributed by atoms with Crippen LogP contribution in [0.15, 0.2) is 29.2 Å². The molecule has 1 aromatic heterocycles. The number of rotatable bonds is 7.